The van der Waals surface area contributed by atoms with E-state index < -0.39 is 0 Å². The van der Waals surface area contributed by atoms with Crippen LogP contribution in [-0.2, 0) is 12.8 Å². The molecule has 1 unspecified atom stereocenters. The van der Waals surface area contributed by atoms with Crippen LogP contribution in [0.4, 0.5) is 0 Å². The molecule has 0 aliphatic rings. The molecule has 2 nitrogen and oxygen atoms in total. The molecule has 2 rings (SSSR count). The Balaban J connectivity index is 1.76. The highest BCUT2D eigenvalue weighted by atomic mass is 16.5. The minimum absolute atomic E-state index is 0.244. The molecule has 0 radical (unpaired) electrons. The first-order valence-corrected chi connectivity index (χ1v) is 7.54. The van der Waals surface area contributed by atoms with Crippen LogP contribution in [0, 0.1) is 6.92 Å². The van der Waals surface area contributed by atoms with Crippen LogP contribution in [0.3, 0.4) is 0 Å². The standard InChI is InChI=1S/C19H24O2/c1-15-5-3-4-6-17(15)10-12-18(20)11-7-16-8-13-19(21-2)14-9-16/h3-6,8-9,13-14,18,20H,7,10-12H2,1-2H3. The summed E-state index contributed by atoms with van der Waals surface area (Å²) in [7, 11) is 1.67. The van der Waals surface area contributed by atoms with Gasteiger partial charge in [-0.2, -0.15) is 0 Å². The number of hydrogen-bond donors (Lipinski definition) is 1. The third kappa shape index (κ3) is 4.91. The van der Waals surface area contributed by atoms with Crippen LogP contribution in [0.1, 0.15) is 29.5 Å². The Kier molecular flexibility index (Phi) is 5.82. The van der Waals surface area contributed by atoms with Gasteiger partial charge >= 0.3 is 0 Å². The highest BCUT2D eigenvalue weighted by molar-refractivity contribution is 5.27. The highest BCUT2D eigenvalue weighted by Gasteiger charge is 2.06. The largest absolute Gasteiger partial charge is 0.497 e. The maximum absolute atomic E-state index is 10.1. The van der Waals surface area contributed by atoms with Gasteiger partial charge in [-0.05, 0) is 61.4 Å². The second-order valence-electron chi connectivity index (χ2n) is 5.51. The van der Waals surface area contributed by atoms with Gasteiger partial charge in [0.15, 0.2) is 0 Å². The predicted octanol–water partition coefficient (Wildman–Crippen LogP) is 3.93. The van der Waals surface area contributed by atoms with Crippen LogP contribution in [0.25, 0.3) is 0 Å². The normalized spacial score (nSPS) is 12.1. The van der Waals surface area contributed by atoms with E-state index in [1.165, 1.54) is 16.7 Å². The third-order valence-electron chi connectivity index (χ3n) is 3.93. The van der Waals surface area contributed by atoms with Gasteiger partial charge in [-0.15, -0.1) is 0 Å². The fourth-order valence-electron chi connectivity index (χ4n) is 2.48. The third-order valence-corrected chi connectivity index (χ3v) is 3.93. The maximum Gasteiger partial charge on any atom is 0.118 e. The zero-order valence-corrected chi connectivity index (χ0v) is 12.9. The molecule has 0 aromatic heterocycles. The molecule has 0 aliphatic heterocycles. The van der Waals surface area contributed by atoms with Crippen LogP contribution in [-0.4, -0.2) is 18.3 Å². The smallest absolute Gasteiger partial charge is 0.118 e. The molecule has 2 aromatic rings. The number of aliphatic hydroxyl groups excluding tert-OH is 1. The van der Waals surface area contributed by atoms with Gasteiger partial charge in [-0.25, -0.2) is 0 Å². The van der Waals surface area contributed by atoms with Crippen LogP contribution in [0.5, 0.6) is 5.75 Å². The van der Waals surface area contributed by atoms with Crippen LogP contribution in [0.15, 0.2) is 48.5 Å². The van der Waals surface area contributed by atoms with Gasteiger partial charge in [-0.3, -0.25) is 0 Å². The molecular weight excluding hydrogens is 260 g/mol. The van der Waals surface area contributed by atoms with Crippen molar-refractivity contribution in [3.05, 3.63) is 65.2 Å². The van der Waals surface area contributed by atoms with Crippen LogP contribution < -0.4 is 4.74 Å². The first-order valence-electron chi connectivity index (χ1n) is 7.54. The van der Waals surface area contributed by atoms with E-state index in [9.17, 15) is 5.11 Å². The summed E-state index contributed by atoms with van der Waals surface area (Å²) in [6.07, 6.45) is 3.22. The van der Waals surface area contributed by atoms with Gasteiger partial charge in [0.05, 0.1) is 13.2 Å². The number of methoxy groups -OCH3 is 1. The Morgan fingerprint density at radius 1 is 0.952 bits per heavy atom. The van der Waals surface area contributed by atoms with Gasteiger partial charge in [0, 0.05) is 0 Å². The molecule has 21 heavy (non-hydrogen) atoms. The number of benzene rings is 2. The van der Waals surface area contributed by atoms with E-state index in [2.05, 4.69) is 43.3 Å². The molecule has 0 saturated carbocycles. The van der Waals surface area contributed by atoms with Crippen molar-refractivity contribution in [1.29, 1.82) is 0 Å². The van der Waals surface area contributed by atoms with Crippen molar-refractivity contribution < 1.29 is 9.84 Å². The van der Waals surface area contributed by atoms with Crippen molar-refractivity contribution >= 4 is 0 Å². The average Bonchev–Trinajstić information content (AvgIpc) is 2.52. The Labute approximate surface area is 127 Å². The first-order chi connectivity index (χ1) is 10.2. The SMILES string of the molecule is COc1ccc(CCC(O)CCc2ccccc2C)cc1. The average molecular weight is 284 g/mol. The lowest BCUT2D eigenvalue weighted by Crippen LogP contribution is -2.09. The van der Waals surface area contributed by atoms with E-state index >= 15 is 0 Å². The fraction of sp³-hybridized carbons (Fsp3) is 0.368. The lowest BCUT2D eigenvalue weighted by atomic mass is 9.99. The Hall–Kier alpha value is -1.80. The molecule has 0 aliphatic carbocycles. The molecule has 0 amide bonds. The lowest BCUT2D eigenvalue weighted by Gasteiger charge is -2.12. The van der Waals surface area contributed by atoms with Crippen LogP contribution in [0.2, 0.25) is 0 Å². The minimum atomic E-state index is -0.244. The summed E-state index contributed by atoms with van der Waals surface area (Å²) in [4.78, 5) is 0. The van der Waals surface area contributed by atoms with Gasteiger partial charge in [0.1, 0.15) is 5.75 Å². The quantitative estimate of drug-likeness (QED) is 0.834. The molecule has 0 spiro atoms. The molecule has 1 N–H and O–H groups in total. The van der Waals surface area contributed by atoms with Crippen molar-refractivity contribution in [3.8, 4) is 5.75 Å². The van der Waals surface area contributed by atoms with E-state index in [4.69, 9.17) is 4.74 Å². The second-order valence-corrected chi connectivity index (χ2v) is 5.51. The monoisotopic (exact) mass is 284 g/mol. The first kappa shape index (κ1) is 15.6. The molecule has 0 fully saturated rings. The van der Waals surface area contributed by atoms with Crippen molar-refractivity contribution in [2.75, 3.05) is 7.11 Å². The number of aryl methyl sites for hydroxylation is 3. The van der Waals surface area contributed by atoms with Gasteiger partial charge in [0.25, 0.3) is 0 Å². The molecule has 0 heterocycles. The van der Waals surface area contributed by atoms with Gasteiger partial charge in [-0.1, -0.05) is 36.4 Å². The summed E-state index contributed by atoms with van der Waals surface area (Å²) in [5.74, 6) is 0.874. The maximum atomic E-state index is 10.1. The Morgan fingerprint density at radius 2 is 1.62 bits per heavy atom. The van der Waals surface area contributed by atoms with E-state index in [1.807, 2.05) is 12.1 Å². The van der Waals surface area contributed by atoms with Crippen molar-refractivity contribution in [3.63, 3.8) is 0 Å². The van der Waals surface area contributed by atoms with E-state index in [-0.39, 0.29) is 6.10 Å². The number of hydrogen-bond acceptors (Lipinski definition) is 2. The zero-order chi connectivity index (χ0) is 15.1. The summed E-state index contributed by atoms with van der Waals surface area (Å²) in [6, 6.07) is 16.4. The number of rotatable bonds is 7. The fourth-order valence-corrected chi connectivity index (χ4v) is 2.48. The van der Waals surface area contributed by atoms with E-state index in [0.29, 0.717) is 0 Å². The van der Waals surface area contributed by atoms with Crippen LogP contribution >= 0.6 is 0 Å². The zero-order valence-electron chi connectivity index (χ0n) is 12.9. The van der Waals surface area contributed by atoms with Crippen molar-refractivity contribution in [1.82, 2.24) is 0 Å². The number of ether oxygens (including phenoxy) is 1. The number of aliphatic hydroxyl groups is 1. The molecule has 0 bridgehead atoms. The molecule has 2 aromatic carbocycles. The molecular formula is C19H24O2. The Bertz CT molecular complexity index is 546. The topological polar surface area (TPSA) is 29.5 Å². The minimum Gasteiger partial charge on any atom is -0.497 e. The van der Waals surface area contributed by atoms with Crippen molar-refractivity contribution in [2.24, 2.45) is 0 Å². The van der Waals surface area contributed by atoms with Crippen molar-refractivity contribution in [2.45, 2.75) is 38.7 Å². The lowest BCUT2D eigenvalue weighted by molar-refractivity contribution is 0.155. The molecule has 1 atom stereocenters. The Morgan fingerprint density at radius 3 is 2.29 bits per heavy atom. The summed E-state index contributed by atoms with van der Waals surface area (Å²) in [5, 5.41) is 10.1. The summed E-state index contributed by atoms with van der Waals surface area (Å²) in [6.45, 7) is 2.12. The summed E-state index contributed by atoms with van der Waals surface area (Å²) in [5.41, 5.74) is 3.88. The van der Waals surface area contributed by atoms with E-state index in [0.717, 1.165) is 31.4 Å². The van der Waals surface area contributed by atoms with E-state index in [1.54, 1.807) is 7.11 Å². The van der Waals surface area contributed by atoms with Gasteiger partial charge in [0.2, 0.25) is 0 Å². The summed E-state index contributed by atoms with van der Waals surface area (Å²) >= 11 is 0. The highest BCUT2D eigenvalue weighted by Crippen LogP contribution is 2.16. The predicted molar refractivity (Wildman–Crippen MR) is 86.8 cm³/mol. The molecule has 0 saturated heterocycles. The second kappa shape index (κ2) is 7.84. The molecule has 112 valence electrons. The summed E-state index contributed by atoms with van der Waals surface area (Å²) < 4.78 is 5.14. The van der Waals surface area contributed by atoms with Gasteiger partial charge < -0.3 is 9.84 Å². The molecule has 2 heteroatoms.